The number of ether oxygens (including phenoxy) is 1. The number of amides is 2. The third-order valence-electron chi connectivity index (χ3n) is 4.03. The van der Waals surface area contributed by atoms with E-state index in [4.69, 9.17) is 4.74 Å². The van der Waals surface area contributed by atoms with Crippen LogP contribution < -0.4 is 4.74 Å². The lowest BCUT2D eigenvalue weighted by Gasteiger charge is -2.40. The lowest BCUT2D eigenvalue weighted by Crippen LogP contribution is -2.56. The van der Waals surface area contributed by atoms with Crippen LogP contribution in [0.25, 0.3) is 0 Å². The second-order valence-electron chi connectivity index (χ2n) is 6.02. The molecule has 5 nitrogen and oxygen atoms in total. The Bertz CT molecular complexity index is 539. The van der Waals surface area contributed by atoms with Gasteiger partial charge in [0.1, 0.15) is 5.75 Å². The van der Waals surface area contributed by atoms with Crippen molar-refractivity contribution in [3.8, 4) is 5.75 Å². The Morgan fingerprint density at radius 2 is 1.82 bits per heavy atom. The van der Waals surface area contributed by atoms with E-state index in [1.165, 1.54) is 0 Å². The van der Waals surface area contributed by atoms with Crippen molar-refractivity contribution in [2.45, 2.75) is 26.8 Å². The number of rotatable bonds is 3. The van der Waals surface area contributed by atoms with E-state index >= 15 is 0 Å². The highest BCUT2D eigenvalue weighted by molar-refractivity contribution is 5.94. The van der Waals surface area contributed by atoms with E-state index in [9.17, 15) is 9.59 Å². The SMILES string of the molecule is COc1ccc(C(=O)N2CCN(C(=O)C(C)C)CC2C)cc1. The van der Waals surface area contributed by atoms with Crippen molar-refractivity contribution in [3.63, 3.8) is 0 Å². The Labute approximate surface area is 131 Å². The van der Waals surface area contributed by atoms with Gasteiger partial charge in [-0.1, -0.05) is 13.8 Å². The lowest BCUT2D eigenvalue weighted by molar-refractivity contribution is -0.136. The van der Waals surface area contributed by atoms with Crippen LogP contribution in [0.15, 0.2) is 24.3 Å². The van der Waals surface area contributed by atoms with Crippen molar-refractivity contribution < 1.29 is 14.3 Å². The first-order valence-electron chi connectivity index (χ1n) is 7.68. The van der Waals surface area contributed by atoms with Gasteiger partial charge in [0, 0.05) is 37.2 Å². The fraction of sp³-hybridized carbons (Fsp3) is 0.529. The zero-order chi connectivity index (χ0) is 16.3. The third-order valence-corrected chi connectivity index (χ3v) is 4.03. The molecule has 2 rings (SSSR count). The second kappa shape index (κ2) is 6.81. The van der Waals surface area contributed by atoms with Gasteiger partial charge in [-0.25, -0.2) is 0 Å². The quantitative estimate of drug-likeness (QED) is 0.858. The van der Waals surface area contributed by atoms with Crippen LogP contribution in [0.4, 0.5) is 0 Å². The van der Waals surface area contributed by atoms with Gasteiger partial charge >= 0.3 is 0 Å². The number of piperazine rings is 1. The molecule has 1 heterocycles. The summed E-state index contributed by atoms with van der Waals surface area (Å²) in [5.41, 5.74) is 0.649. The van der Waals surface area contributed by atoms with Crippen molar-refractivity contribution in [3.05, 3.63) is 29.8 Å². The number of hydrogen-bond acceptors (Lipinski definition) is 3. The average molecular weight is 304 g/mol. The van der Waals surface area contributed by atoms with Crippen LogP contribution in [-0.2, 0) is 4.79 Å². The molecule has 0 saturated carbocycles. The highest BCUT2D eigenvalue weighted by Crippen LogP contribution is 2.18. The zero-order valence-electron chi connectivity index (χ0n) is 13.7. The number of carbonyl (C=O) groups excluding carboxylic acids is 2. The summed E-state index contributed by atoms with van der Waals surface area (Å²) in [6.07, 6.45) is 0. The molecule has 1 aromatic carbocycles. The van der Waals surface area contributed by atoms with Crippen LogP contribution in [0.5, 0.6) is 5.75 Å². The van der Waals surface area contributed by atoms with E-state index in [2.05, 4.69) is 0 Å². The summed E-state index contributed by atoms with van der Waals surface area (Å²) >= 11 is 0. The monoisotopic (exact) mass is 304 g/mol. The molecule has 1 aliphatic heterocycles. The predicted molar refractivity (Wildman–Crippen MR) is 84.9 cm³/mol. The number of benzene rings is 1. The summed E-state index contributed by atoms with van der Waals surface area (Å²) in [7, 11) is 1.60. The van der Waals surface area contributed by atoms with Crippen molar-refractivity contribution in [2.75, 3.05) is 26.7 Å². The minimum atomic E-state index is -0.00367. The van der Waals surface area contributed by atoms with Crippen LogP contribution in [0.3, 0.4) is 0 Å². The van der Waals surface area contributed by atoms with Crippen LogP contribution in [0.2, 0.25) is 0 Å². The minimum absolute atomic E-state index is 0.00367. The fourth-order valence-electron chi connectivity index (χ4n) is 2.72. The number of nitrogens with zero attached hydrogens (tertiary/aromatic N) is 2. The average Bonchev–Trinajstić information content (AvgIpc) is 2.53. The summed E-state index contributed by atoms with van der Waals surface area (Å²) < 4.78 is 5.11. The van der Waals surface area contributed by atoms with Gasteiger partial charge in [0.05, 0.1) is 7.11 Å². The summed E-state index contributed by atoms with van der Waals surface area (Å²) in [5, 5.41) is 0. The summed E-state index contributed by atoms with van der Waals surface area (Å²) in [6.45, 7) is 7.57. The topological polar surface area (TPSA) is 49.9 Å². The smallest absolute Gasteiger partial charge is 0.254 e. The molecule has 1 fully saturated rings. The van der Waals surface area contributed by atoms with Gasteiger partial charge in [-0.3, -0.25) is 9.59 Å². The Balaban J connectivity index is 2.04. The van der Waals surface area contributed by atoms with Crippen LogP contribution in [-0.4, -0.2) is 54.4 Å². The molecule has 5 heteroatoms. The summed E-state index contributed by atoms with van der Waals surface area (Å²) in [5.74, 6) is 0.892. The van der Waals surface area contributed by atoms with E-state index in [-0.39, 0.29) is 23.8 Å². The van der Waals surface area contributed by atoms with Gasteiger partial charge in [-0.15, -0.1) is 0 Å². The highest BCUT2D eigenvalue weighted by atomic mass is 16.5. The van der Waals surface area contributed by atoms with Crippen LogP contribution >= 0.6 is 0 Å². The van der Waals surface area contributed by atoms with Crippen molar-refractivity contribution in [1.29, 1.82) is 0 Å². The Morgan fingerprint density at radius 3 is 2.32 bits per heavy atom. The maximum absolute atomic E-state index is 12.6. The molecule has 2 amide bonds. The van der Waals surface area contributed by atoms with Gasteiger partial charge in [0.2, 0.25) is 5.91 Å². The van der Waals surface area contributed by atoms with Gasteiger partial charge in [-0.2, -0.15) is 0 Å². The molecule has 1 aliphatic rings. The molecule has 1 unspecified atom stereocenters. The van der Waals surface area contributed by atoms with Gasteiger partial charge in [-0.05, 0) is 31.2 Å². The fourth-order valence-corrected chi connectivity index (χ4v) is 2.72. The Kier molecular flexibility index (Phi) is 5.06. The molecule has 0 bridgehead atoms. The Hall–Kier alpha value is -2.04. The largest absolute Gasteiger partial charge is 0.497 e. The third kappa shape index (κ3) is 3.40. The second-order valence-corrected chi connectivity index (χ2v) is 6.02. The summed E-state index contributed by atoms with van der Waals surface area (Å²) in [4.78, 5) is 28.4. The van der Waals surface area contributed by atoms with Crippen molar-refractivity contribution in [2.24, 2.45) is 5.92 Å². The normalized spacial score (nSPS) is 18.5. The molecule has 22 heavy (non-hydrogen) atoms. The molecule has 120 valence electrons. The highest BCUT2D eigenvalue weighted by Gasteiger charge is 2.30. The van der Waals surface area contributed by atoms with E-state index in [1.807, 2.05) is 30.6 Å². The van der Waals surface area contributed by atoms with Gasteiger partial charge in [0.25, 0.3) is 5.91 Å². The molecule has 0 aliphatic carbocycles. The molecule has 1 saturated heterocycles. The van der Waals surface area contributed by atoms with Gasteiger partial charge < -0.3 is 14.5 Å². The first kappa shape index (κ1) is 16.3. The molecule has 1 aromatic rings. The lowest BCUT2D eigenvalue weighted by atomic mass is 10.1. The molecule has 0 aromatic heterocycles. The van der Waals surface area contributed by atoms with Crippen molar-refractivity contribution >= 4 is 11.8 Å². The predicted octanol–water partition coefficient (Wildman–Crippen LogP) is 2.02. The molecule has 0 N–H and O–H groups in total. The minimum Gasteiger partial charge on any atom is -0.497 e. The zero-order valence-corrected chi connectivity index (χ0v) is 13.7. The van der Waals surface area contributed by atoms with E-state index in [0.717, 1.165) is 5.75 Å². The molecule has 0 spiro atoms. The summed E-state index contributed by atoms with van der Waals surface area (Å²) in [6, 6.07) is 7.15. The molecular formula is C17H24N2O3. The van der Waals surface area contributed by atoms with Crippen LogP contribution in [0.1, 0.15) is 31.1 Å². The van der Waals surface area contributed by atoms with Crippen molar-refractivity contribution in [1.82, 2.24) is 9.80 Å². The Morgan fingerprint density at radius 1 is 1.18 bits per heavy atom. The maximum atomic E-state index is 12.6. The van der Waals surface area contributed by atoms with E-state index in [1.54, 1.807) is 31.4 Å². The first-order chi connectivity index (χ1) is 10.4. The number of methoxy groups -OCH3 is 1. The van der Waals surface area contributed by atoms with Gasteiger partial charge in [0.15, 0.2) is 0 Å². The van der Waals surface area contributed by atoms with Crippen LogP contribution in [0, 0.1) is 5.92 Å². The van der Waals surface area contributed by atoms with E-state index in [0.29, 0.717) is 25.2 Å². The standard InChI is InChI=1S/C17H24N2O3/c1-12(2)16(20)18-9-10-19(13(3)11-18)17(21)14-5-7-15(22-4)8-6-14/h5-8,12-13H,9-11H2,1-4H3. The number of hydrogen-bond donors (Lipinski definition) is 0. The molecular weight excluding hydrogens is 280 g/mol. The molecule has 1 atom stereocenters. The number of carbonyl (C=O) groups is 2. The van der Waals surface area contributed by atoms with E-state index < -0.39 is 0 Å². The maximum Gasteiger partial charge on any atom is 0.254 e. The first-order valence-corrected chi connectivity index (χ1v) is 7.68. The molecule has 0 radical (unpaired) electrons.